The summed E-state index contributed by atoms with van der Waals surface area (Å²) in [6.07, 6.45) is 5.02. The first-order valence-electron chi connectivity index (χ1n) is 8.06. The van der Waals surface area contributed by atoms with Crippen LogP contribution in [0.25, 0.3) is 0 Å². The number of nitrogens with zero attached hydrogens (tertiary/aromatic N) is 1. The predicted molar refractivity (Wildman–Crippen MR) is 83.2 cm³/mol. The van der Waals surface area contributed by atoms with E-state index in [9.17, 15) is 0 Å². The molecule has 2 heteroatoms. The Hall–Kier alpha value is -0.0800. The van der Waals surface area contributed by atoms with Crippen molar-refractivity contribution in [2.45, 2.75) is 79.3 Å². The number of nitrogens with one attached hydrogen (secondary N) is 1. The first-order chi connectivity index (χ1) is 8.60. The van der Waals surface area contributed by atoms with Crippen LogP contribution in [0.3, 0.4) is 0 Å². The molecule has 0 amide bonds. The summed E-state index contributed by atoms with van der Waals surface area (Å²) in [5, 5.41) is 3.60. The van der Waals surface area contributed by atoms with E-state index in [2.05, 4.69) is 51.8 Å². The molecule has 0 radical (unpaired) electrons. The zero-order chi connectivity index (χ0) is 14.0. The van der Waals surface area contributed by atoms with Gasteiger partial charge in [-0.15, -0.1) is 0 Å². The number of hydrogen-bond donors (Lipinski definition) is 1. The molecule has 0 saturated carbocycles. The van der Waals surface area contributed by atoms with Crippen LogP contribution in [0.4, 0.5) is 0 Å². The van der Waals surface area contributed by atoms with Crippen molar-refractivity contribution in [3.8, 4) is 0 Å². The van der Waals surface area contributed by atoms with Crippen molar-refractivity contribution in [2.24, 2.45) is 5.92 Å². The summed E-state index contributed by atoms with van der Waals surface area (Å²) < 4.78 is 0. The van der Waals surface area contributed by atoms with Crippen molar-refractivity contribution >= 4 is 0 Å². The highest BCUT2D eigenvalue weighted by Gasteiger charge is 2.23. The van der Waals surface area contributed by atoms with Gasteiger partial charge >= 0.3 is 0 Å². The van der Waals surface area contributed by atoms with Crippen LogP contribution in [0, 0.1) is 5.92 Å². The summed E-state index contributed by atoms with van der Waals surface area (Å²) in [4.78, 5) is 2.76. The van der Waals surface area contributed by atoms with Gasteiger partial charge in [-0.2, -0.15) is 0 Å². The Morgan fingerprint density at radius 1 is 0.889 bits per heavy atom. The van der Waals surface area contributed by atoms with Gasteiger partial charge < -0.3 is 5.32 Å². The van der Waals surface area contributed by atoms with E-state index in [1.54, 1.807) is 0 Å². The zero-order valence-corrected chi connectivity index (χ0v) is 13.6. The van der Waals surface area contributed by atoms with Gasteiger partial charge in [-0.25, -0.2) is 0 Å². The minimum atomic E-state index is 0.698. The first kappa shape index (κ1) is 17.9. The third-order valence-electron chi connectivity index (χ3n) is 3.73. The van der Waals surface area contributed by atoms with Crippen LogP contribution in [0.1, 0.15) is 67.2 Å². The van der Waals surface area contributed by atoms with Gasteiger partial charge in [0.15, 0.2) is 0 Å². The van der Waals surface area contributed by atoms with E-state index in [4.69, 9.17) is 0 Å². The summed E-state index contributed by atoms with van der Waals surface area (Å²) >= 11 is 0. The smallest absolute Gasteiger partial charge is 0.0221 e. The molecule has 0 fully saturated rings. The van der Waals surface area contributed by atoms with Gasteiger partial charge in [0.05, 0.1) is 0 Å². The fourth-order valence-corrected chi connectivity index (χ4v) is 2.72. The van der Waals surface area contributed by atoms with Crippen molar-refractivity contribution in [1.29, 1.82) is 0 Å². The Bertz CT molecular complexity index is 176. The third kappa shape index (κ3) is 6.75. The molecule has 0 aromatic heterocycles. The second-order valence-electron chi connectivity index (χ2n) is 5.83. The van der Waals surface area contributed by atoms with E-state index in [-0.39, 0.29) is 0 Å². The molecule has 1 unspecified atom stereocenters. The zero-order valence-electron chi connectivity index (χ0n) is 13.6. The second-order valence-corrected chi connectivity index (χ2v) is 5.83. The molecule has 18 heavy (non-hydrogen) atoms. The fourth-order valence-electron chi connectivity index (χ4n) is 2.72. The van der Waals surface area contributed by atoms with Gasteiger partial charge in [-0.05, 0) is 38.1 Å². The molecule has 2 nitrogen and oxygen atoms in total. The summed E-state index contributed by atoms with van der Waals surface area (Å²) in [5.41, 5.74) is 0. The lowest BCUT2D eigenvalue weighted by atomic mass is 10.0. The summed E-state index contributed by atoms with van der Waals surface area (Å²) in [6, 6.07) is 1.45. The Labute approximate surface area is 116 Å². The Kier molecular flexibility index (Phi) is 10.8. The van der Waals surface area contributed by atoms with Gasteiger partial charge in [0, 0.05) is 25.2 Å². The topological polar surface area (TPSA) is 15.3 Å². The Morgan fingerprint density at radius 3 is 1.83 bits per heavy atom. The average molecular weight is 256 g/mol. The van der Waals surface area contributed by atoms with Gasteiger partial charge in [0.1, 0.15) is 0 Å². The average Bonchev–Trinajstić information content (AvgIpc) is 2.35. The van der Waals surface area contributed by atoms with E-state index in [1.165, 1.54) is 32.2 Å². The van der Waals surface area contributed by atoms with Crippen LogP contribution in [0.5, 0.6) is 0 Å². The molecule has 0 aliphatic heterocycles. The predicted octanol–water partition coefficient (Wildman–Crippen LogP) is 3.91. The van der Waals surface area contributed by atoms with Crippen LogP contribution in [-0.2, 0) is 0 Å². The van der Waals surface area contributed by atoms with Crippen LogP contribution >= 0.6 is 0 Å². The summed E-state index contributed by atoms with van der Waals surface area (Å²) in [7, 11) is 0. The molecule has 0 aromatic carbocycles. The summed E-state index contributed by atoms with van der Waals surface area (Å²) in [6.45, 7) is 17.4. The maximum atomic E-state index is 3.60. The lowest BCUT2D eigenvalue weighted by molar-refractivity contribution is 0.104. The van der Waals surface area contributed by atoms with Crippen molar-refractivity contribution in [1.82, 2.24) is 10.2 Å². The first-order valence-corrected chi connectivity index (χ1v) is 8.06. The maximum Gasteiger partial charge on any atom is 0.0221 e. The minimum Gasteiger partial charge on any atom is -0.315 e. The van der Waals surface area contributed by atoms with Gasteiger partial charge in [-0.1, -0.05) is 41.5 Å². The minimum absolute atomic E-state index is 0.698. The molecule has 0 saturated heterocycles. The normalized spacial score (nSPS) is 13.8. The van der Waals surface area contributed by atoms with E-state index < -0.39 is 0 Å². The van der Waals surface area contributed by atoms with Crippen LogP contribution in [-0.4, -0.2) is 36.6 Å². The molecule has 0 spiro atoms. The molecule has 0 aliphatic rings. The molecular formula is C16H36N2. The standard InChI is InChI=1S/C16H36N2/c1-7-11-17-12-16(10-4)18(13-14(5)6)15(8-2)9-3/h14-17H,7-13H2,1-6H3. The molecule has 0 bridgehead atoms. The number of rotatable bonds is 11. The molecule has 0 rings (SSSR count). The molecule has 0 aliphatic carbocycles. The largest absolute Gasteiger partial charge is 0.315 e. The Morgan fingerprint density at radius 2 is 1.44 bits per heavy atom. The van der Waals surface area contributed by atoms with E-state index in [0.717, 1.165) is 25.0 Å². The van der Waals surface area contributed by atoms with E-state index >= 15 is 0 Å². The lowest BCUT2D eigenvalue weighted by Gasteiger charge is -2.38. The molecule has 0 aromatic rings. The highest BCUT2D eigenvalue weighted by atomic mass is 15.2. The molecule has 0 heterocycles. The fraction of sp³-hybridized carbons (Fsp3) is 1.00. The highest BCUT2D eigenvalue weighted by Crippen LogP contribution is 2.17. The van der Waals surface area contributed by atoms with Crippen LogP contribution in [0.2, 0.25) is 0 Å². The van der Waals surface area contributed by atoms with Crippen LogP contribution in [0.15, 0.2) is 0 Å². The quantitative estimate of drug-likeness (QED) is 0.564. The molecular weight excluding hydrogens is 220 g/mol. The molecule has 1 atom stereocenters. The monoisotopic (exact) mass is 256 g/mol. The van der Waals surface area contributed by atoms with Gasteiger partial charge in [-0.3, -0.25) is 4.90 Å². The molecule has 1 N–H and O–H groups in total. The highest BCUT2D eigenvalue weighted by molar-refractivity contribution is 4.79. The second kappa shape index (κ2) is 10.8. The SMILES string of the molecule is CCCNCC(CC)N(CC(C)C)C(CC)CC. The van der Waals surface area contributed by atoms with E-state index in [0.29, 0.717) is 6.04 Å². The van der Waals surface area contributed by atoms with Crippen molar-refractivity contribution in [2.75, 3.05) is 19.6 Å². The van der Waals surface area contributed by atoms with Crippen molar-refractivity contribution in [3.63, 3.8) is 0 Å². The van der Waals surface area contributed by atoms with Crippen LogP contribution < -0.4 is 5.32 Å². The maximum absolute atomic E-state index is 3.60. The Balaban J connectivity index is 4.55. The summed E-state index contributed by atoms with van der Waals surface area (Å²) in [5.74, 6) is 0.755. The van der Waals surface area contributed by atoms with Crippen molar-refractivity contribution in [3.05, 3.63) is 0 Å². The van der Waals surface area contributed by atoms with Crippen molar-refractivity contribution < 1.29 is 0 Å². The van der Waals surface area contributed by atoms with Gasteiger partial charge in [0.25, 0.3) is 0 Å². The van der Waals surface area contributed by atoms with E-state index in [1.807, 2.05) is 0 Å². The lowest BCUT2D eigenvalue weighted by Crippen LogP contribution is -2.49. The molecule has 110 valence electrons. The number of hydrogen-bond acceptors (Lipinski definition) is 2. The van der Waals surface area contributed by atoms with Gasteiger partial charge in [0.2, 0.25) is 0 Å². The third-order valence-corrected chi connectivity index (χ3v) is 3.73.